The Morgan fingerprint density at radius 2 is 1.37 bits per heavy atom. The SMILES string of the molecule is COC(=O)NC(C(=O)N1CC2(CC2)C[C@H]1c1ncc(-c2ccc3cc(-c4ccc(-c5cnc([C@@H]6CCCN6C(=O)[C@H](CCOC(F)F)NC(=O)OC)[nH]5)cc4)ccc3c2)[nH]1)C(C)C. The number of fused-ring (bicyclic) bond motifs is 1. The molecular formula is C46H52F2N8O7. The molecule has 0 bridgehead atoms. The first-order chi connectivity index (χ1) is 30.3. The molecule has 2 aromatic heterocycles. The van der Waals surface area contributed by atoms with Crippen molar-refractivity contribution in [1.82, 2.24) is 40.4 Å². The minimum absolute atomic E-state index is 0.101. The lowest BCUT2D eigenvalue weighted by molar-refractivity contribution is -0.141. The average molecular weight is 867 g/mol. The van der Waals surface area contributed by atoms with Gasteiger partial charge in [0.2, 0.25) is 11.8 Å². The van der Waals surface area contributed by atoms with E-state index < -0.39 is 43.4 Å². The lowest BCUT2D eigenvalue weighted by Crippen LogP contribution is -2.51. The van der Waals surface area contributed by atoms with Gasteiger partial charge in [0.05, 0.1) is 56.7 Å². The molecule has 4 N–H and O–H groups in total. The van der Waals surface area contributed by atoms with Crippen LogP contribution < -0.4 is 10.6 Å². The second kappa shape index (κ2) is 18.2. The van der Waals surface area contributed by atoms with Crippen molar-refractivity contribution in [2.75, 3.05) is 33.9 Å². The lowest BCUT2D eigenvalue weighted by Gasteiger charge is -2.30. The number of nitrogens with one attached hydrogen (secondary N) is 4. The van der Waals surface area contributed by atoms with E-state index in [1.54, 1.807) is 11.1 Å². The summed E-state index contributed by atoms with van der Waals surface area (Å²) in [7, 11) is 2.46. The highest BCUT2D eigenvalue weighted by Gasteiger charge is 2.55. The zero-order chi connectivity index (χ0) is 44.4. The number of aromatic amines is 2. The zero-order valence-corrected chi connectivity index (χ0v) is 35.7. The number of ether oxygens (including phenoxy) is 3. The van der Waals surface area contributed by atoms with Gasteiger partial charge in [-0.3, -0.25) is 9.59 Å². The first kappa shape index (κ1) is 43.3. The third-order valence-electron chi connectivity index (χ3n) is 12.6. The van der Waals surface area contributed by atoms with E-state index in [1.165, 1.54) is 7.11 Å². The standard InChI is InChI=1S/C46H52F2N8O7/c1-26(2)38(54-45(60)62-4)42(58)56-25-46(16-17-46)22-37(56)40-50-24-35(52-40)32-14-13-30-20-29(11-12-31(30)21-32)27-7-9-28(10-8-27)34-23-49-39(51-34)36-6-5-18-55(36)41(57)33(53-44(59)61-3)15-19-63-43(47)48/h7-14,20-21,23-24,26,33,36-38,43H,5-6,15-19,22,25H2,1-4H3,(H,49,51)(H,50,52)(H,53,59)(H,54,60)/t33-,36-,37-,38?/m0/s1. The van der Waals surface area contributed by atoms with Crippen molar-refractivity contribution in [2.45, 2.75) is 83.2 Å². The Morgan fingerprint density at radius 3 is 2.00 bits per heavy atom. The van der Waals surface area contributed by atoms with Crippen LogP contribution in [0.4, 0.5) is 18.4 Å². The maximum atomic E-state index is 13.9. The molecule has 4 heterocycles. The van der Waals surface area contributed by atoms with E-state index in [2.05, 4.69) is 71.5 Å². The van der Waals surface area contributed by atoms with Gasteiger partial charge in [0.25, 0.3) is 0 Å². The van der Waals surface area contributed by atoms with Crippen molar-refractivity contribution in [1.29, 1.82) is 0 Å². The molecule has 1 unspecified atom stereocenters. The van der Waals surface area contributed by atoms with Gasteiger partial charge in [0.15, 0.2) is 0 Å². The maximum absolute atomic E-state index is 13.9. The molecule has 3 fully saturated rings. The van der Waals surface area contributed by atoms with Gasteiger partial charge in [-0.1, -0.05) is 62.4 Å². The molecule has 332 valence electrons. The Hall–Kier alpha value is -6.36. The number of nitrogens with zero attached hydrogens (tertiary/aromatic N) is 4. The van der Waals surface area contributed by atoms with Crippen molar-refractivity contribution in [3.05, 3.63) is 84.7 Å². The molecule has 8 rings (SSSR count). The number of aromatic nitrogens is 4. The Balaban J connectivity index is 0.938. The molecule has 1 saturated carbocycles. The van der Waals surface area contributed by atoms with Crippen molar-refractivity contribution < 1.29 is 42.2 Å². The van der Waals surface area contributed by atoms with Crippen LogP contribution in [0.5, 0.6) is 0 Å². The summed E-state index contributed by atoms with van der Waals surface area (Å²) in [6.07, 6.45) is 6.25. The molecule has 3 aliphatic rings. The minimum Gasteiger partial charge on any atom is -0.453 e. The number of hydrogen-bond donors (Lipinski definition) is 4. The van der Waals surface area contributed by atoms with E-state index in [1.807, 2.05) is 49.2 Å². The number of alkyl carbamates (subject to hydrolysis) is 2. The molecule has 17 heteroatoms. The van der Waals surface area contributed by atoms with Gasteiger partial charge >= 0.3 is 18.8 Å². The van der Waals surface area contributed by atoms with Crippen LogP contribution in [0.2, 0.25) is 0 Å². The van der Waals surface area contributed by atoms with Gasteiger partial charge in [0, 0.05) is 25.1 Å². The van der Waals surface area contributed by atoms with Gasteiger partial charge in [-0.05, 0) is 83.0 Å². The number of likely N-dealkylation sites (tertiary alicyclic amines) is 2. The second-order valence-corrected chi connectivity index (χ2v) is 17.1. The number of methoxy groups -OCH3 is 2. The number of carbonyl (C=O) groups is 4. The van der Waals surface area contributed by atoms with Crippen molar-refractivity contribution in [3.8, 4) is 33.6 Å². The van der Waals surface area contributed by atoms with E-state index in [9.17, 15) is 28.0 Å². The summed E-state index contributed by atoms with van der Waals surface area (Å²) in [5.41, 5.74) is 5.69. The monoisotopic (exact) mass is 866 g/mol. The number of H-pyrrole nitrogens is 2. The molecule has 63 heavy (non-hydrogen) atoms. The van der Waals surface area contributed by atoms with Crippen LogP contribution in [0.3, 0.4) is 0 Å². The Morgan fingerprint density at radius 1 is 0.778 bits per heavy atom. The number of imidazole rings is 2. The number of halogens is 2. The van der Waals surface area contributed by atoms with Gasteiger partial charge in [-0.15, -0.1) is 0 Å². The highest BCUT2D eigenvalue weighted by molar-refractivity contribution is 5.91. The molecule has 3 aromatic carbocycles. The molecule has 1 spiro atoms. The van der Waals surface area contributed by atoms with E-state index >= 15 is 0 Å². The third kappa shape index (κ3) is 9.38. The molecule has 1 aliphatic carbocycles. The van der Waals surface area contributed by atoms with E-state index in [4.69, 9.17) is 9.72 Å². The van der Waals surface area contributed by atoms with Crippen molar-refractivity contribution in [3.63, 3.8) is 0 Å². The van der Waals surface area contributed by atoms with Crippen molar-refractivity contribution >= 4 is 34.8 Å². The predicted molar refractivity (Wildman–Crippen MR) is 229 cm³/mol. The highest BCUT2D eigenvalue weighted by atomic mass is 19.3. The normalized spacial score (nSPS) is 18.9. The number of alkyl halides is 2. The maximum Gasteiger partial charge on any atom is 0.407 e. The predicted octanol–water partition coefficient (Wildman–Crippen LogP) is 7.74. The Kier molecular flexibility index (Phi) is 12.5. The summed E-state index contributed by atoms with van der Waals surface area (Å²) in [4.78, 5) is 71.3. The fourth-order valence-corrected chi connectivity index (χ4v) is 8.94. The van der Waals surface area contributed by atoms with Crippen LogP contribution in [0, 0.1) is 11.3 Å². The molecule has 4 amide bonds. The summed E-state index contributed by atoms with van der Waals surface area (Å²) in [6.45, 7) is 1.47. The van der Waals surface area contributed by atoms with Crippen LogP contribution in [0.15, 0.2) is 73.1 Å². The van der Waals surface area contributed by atoms with Gasteiger partial charge < -0.3 is 44.6 Å². The Bertz CT molecular complexity index is 2470. The fraction of sp³-hybridized carbons (Fsp3) is 0.435. The largest absolute Gasteiger partial charge is 0.453 e. The highest BCUT2D eigenvalue weighted by Crippen LogP contribution is 2.58. The molecule has 15 nitrogen and oxygen atoms in total. The molecule has 5 aromatic rings. The fourth-order valence-electron chi connectivity index (χ4n) is 8.94. The van der Waals surface area contributed by atoms with Gasteiger partial charge in [-0.2, -0.15) is 8.78 Å². The number of carbonyl (C=O) groups excluding carboxylic acids is 4. The zero-order valence-electron chi connectivity index (χ0n) is 35.7. The van der Waals surface area contributed by atoms with E-state index in [0.717, 1.165) is 76.6 Å². The first-order valence-electron chi connectivity index (χ1n) is 21.3. The smallest absolute Gasteiger partial charge is 0.407 e. The topological polar surface area (TPSA) is 184 Å². The van der Waals surface area contributed by atoms with Crippen molar-refractivity contribution in [2.24, 2.45) is 11.3 Å². The van der Waals surface area contributed by atoms with E-state index in [-0.39, 0.29) is 35.7 Å². The van der Waals surface area contributed by atoms with Crippen LogP contribution in [-0.2, 0) is 23.8 Å². The van der Waals surface area contributed by atoms with E-state index in [0.29, 0.717) is 31.8 Å². The lowest BCUT2D eigenvalue weighted by atomic mass is 9.98. The minimum atomic E-state index is -2.99. The average Bonchev–Trinajstić information content (AvgIpc) is 3.82. The molecule has 2 aliphatic heterocycles. The summed E-state index contributed by atoms with van der Waals surface area (Å²) < 4.78 is 39.1. The van der Waals surface area contributed by atoms with Crippen LogP contribution in [0.25, 0.3) is 44.4 Å². The van der Waals surface area contributed by atoms with Gasteiger partial charge in [-0.25, -0.2) is 19.6 Å². The van der Waals surface area contributed by atoms with Crippen LogP contribution in [0.1, 0.15) is 76.1 Å². The number of benzene rings is 3. The quantitative estimate of drug-likeness (QED) is 0.0868. The van der Waals surface area contributed by atoms with Crippen LogP contribution >= 0.6 is 0 Å². The summed E-state index contributed by atoms with van der Waals surface area (Å²) in [5, 5.41) is 7.32. The summed E-state index contributed by atoms with van der Waals surface area (Å²) >= 11 is 0. The molecule has 2 saturated heterocycles. The molecule has 4 atom stereocenters. The van der Waals surface area contributed by atoms with Gasteiger partial charge in [0.1, 0.15) is 23.7 Å². The number of amides is 4. The first-order valence-corrected chi connectivity index (χ1v) is 21.3. The molecular weight excluding hydrogens is 815 g/mol. The van der Waals surface area contributed by atoms with Crippen LogP contribution in [-0.4, -0.2) is 106 Å². The Labute approximate surface area is 363 Å². The summed E-state index contributed by atoms with van der Waals surface area (Å²) in [5.74, 6) is 0.654. The molecule has 0 radical (unpaired) electrons. The number of hydrogen-bond acceptors (Lipinski definition) is 9. The third-order valence-corrected chi connectivity index (χ3v) is 12.6. The second-order valence-electron chi connectivity index (χ2n) is 17.1. The number of rotatable bonds is 14. The summed E-state index contributed by atoms with van der Waals surface area (Å²) in [6, 6.07) is 18.3.